The second-order valence-corrected chi connectivity index (χ2v) is 6.37. The number of imidazole rings is 1. The lowest BCUT2D eigenvalue weighted by Crippen LogP contribution is -2.01. The Bertz CT molecular complexity index is 1020. The predicted molar refractivity (Wildman–Crippen MR) is 97.8 cm³/mol. The van der Waals surface area contributed by atoms with Crippen LogP contribution in [0.2, 0.25) is 0 Å². The van der Waals surface area contributed by atoms with Gasteiger partial charge in [-0.15, -0.1) is 11.8 Å². The Morgan fingerprint density at radius 3 is 2.15 bits per heavy atom. The first-order valence-corrected chi connectivity index (χ1v) is 9.07. The van der Waals surface area contributed by atoms with Crippen molar-refractivity contribution in [3.63, 3.8) is 0 Å². The number of hydrogen-bond acceptors (Lipinski definition) is 3. The Labute approximate surface area is 153 Å². The Morgan fingerprint density at radius 2 is 1.58 bits per heavy atom. The van der Waals surface area contributed by atoms with Crippen LogP contribution in [0.25, 0.3) is 22.6 Å². The summed E-state index contributed by atoms with van der Waals surface area (Å²) in [6.45, 7) is 0. The van der Waals surface area contributed by atoms with Gasteiger partial charge in [0.25, 0.3) is 0 Å². The van der Waals surface area contributed by atoms with Gasteiger partial charge >= 0.3 is 0 Å². The summed E-state index contributed by atoms with van der Waals surface area (Å²) in [5.41, 5.74) is 3.13. The molecule has 26 heavy (non-hydrogen) atoms. The van der Waals surface area contributed by atoms with Crippen molar-refractivity contribution in [3.8, 4) is 22.6 Å². The second kappa shape index (κ2) is 6.76. The molecular formula is C19H14F2N4S. The lowest BCUT2D eigenvalue weighted by molar-refractivity contribution is 0.626. The smallest absolute Gasteiger partial charge is 0.143 e. The van der Waals surface area contributed by atoms with Crippen molar-refractivity contribution in [3.05, 3.63) is 78.9 Å². The molecule has 0 aliphatic rings. The molecule has 2 aromatic heterocycles. The largest absolute Gasteiger partial charge is 0.302 e. The summed E-state index contributed by atoms with van der Waals surface area (Å²) in [4.78, 5) is 4.12. The minimum atomic E-state index is -0.316. The van der Waals surface area contributed by atoms with E-state index in [2.05, 4.69) is 4.98 Å². The summed E-state index contributed by atoms with van der Waals surface area (Å²) >= 11 is 1.50. The molecule has 0 saturated heterocycles. The third-order valence-corrected chi connectivity index (χ3v) is 4.64. The van der Waals surface area contributed by atoms with Crippen LogP contribution in [0.15, 0.2) is 72.3 Å². The molecule has 130 valence electrons. The zero-order chi connectivity index (χ0) is 18.1. The van der Waals surface area contributed by atoms with E-state index in [-0.39, 0.29) is 11.6 Å². The first-order chi connectivity index (χ1) is 12.7. The number of thioether (sulfide) groups is 1. The van der Waals surface area contributed by atoms with Crippen LogP contribution in [0.4, 0.5) is 8.78 Å². The van der Waals surface area contributed by atoms with Gasteiger partial charge in [0.1, 0.15) is 22.3 Å². The quantitative estimate of drug-likeness (QED) is 0.489. The Balaban J connectivity index is 2.02. The molecule has 0 bridgehead atoms. The zero-order valence-electron chi connectivity index (χ0n) is 13.8. The summed E-state index contributed by atoms with van der Waals surface area (Å²) in [6.07, 6.45) is 7.15. The molecular weight excluding hydrogens is 354 g/mol. The highest BCUT2D eigenvalue weighted by molar-refractivity contribution is 7.98. The second-order valence-electron chi connectivity index (χ2n) is 5.57. The number of nitrogens with zero attached hydrogens (tertiary/aromatic N) is 4. The molecule has 4 rings (SSSR count). The molecule has 0 unspecified atom stereocenters. The number of aromatic nitrogens is 4. The molecule has 0 aliphatic heterocycles. The van der Waals surface area contributed by atoms with E-state index in [1.54, 1.807) is 41.5 Å². The van der Waals surface area contributed by atoms with Gasteiger partial charge in [-0.05, 0) is 54.8 Å². The highest BCUT2D eigenvalue weighted by Gasteiger charge is 2.21. The minimum Gasteiger partial charge on any atom is -0.302 e. The van der Waals surface area contributed by atoms with Gasteiger partial charge in [0.15, 0.2) is 0 Å². The van der Waals surface area contributed by atoms with E-state index in [9.17, 15) is 8.78 Å². The van der Waals surface area contributed by atoms with E-state index < -0.39 is 0 Å². The van der Waals surface area contributed by atoms with Crippen molar-refractivity contribution in [1.29, 1.82) is 0 Å². The Hall–Kier alpha value is -2.93. The van der Waals surface area contributed by atoms with Gasteiger partial charge in [0, 0.05) is 18.0 Å². The van der Waals surface area contributed by atoms with Crippen LogP contribution in [0.3, 0.4) is 0 Å². The maximum Gasteiger partial charge on any atom is 0.143 e. The lowest BCUT2D eigenvalue weighted by atomic mass is 10.1. The summed E-state index contributed by atoms with van der Waals surface area (Å²) in [5.74, 6) is -0.625. The van der Waals surface area contributed by atoms with Gasteiger partial charge in [-0.2, -0.15) is 5.10 Å². The number of halogens is 2. The van der Waals surface area contributed by atoms with Gasteiger partial charge in [-0.1, -0.05) is 0 Å². The molecule has 2 heterocycles. The molecule has 4 aromatic rings. The molecule has 0 fully saturated rings. The zero-order valence-corrected chi connectivity index (χ0v) is 14.6. The van der Waals surface area contributed by atoms with Crippen molar-refractivity contribution < 1.29 is 8.78 Å². The van der Waals surface area contributed by atoms with Gasteiger partial charge in [0.05, 0.1) is 17.7 Å². The lowest BCUT2D eigenvalue weighted by Gasteiger charge is -2.10. The van der Waals surface area contributed by atoms with Gasteiger partial charge < -0.3 is 4.57 Å². The Morgan fingerprint density at radius 1 is 0.923 bits per heavy atom. The standard InChI is InChI=1S/C19H14F2N4S/c1-26-19-18(24-11-10-22-12-24)17(13-2-4-14(20)5-3-13)25(23-19)16-8-6-15(21)7-9-16/h2-12H,1H3. The molecule has 0 saturated carbocycles. The summed E-state index contributed by atoms with van der Waals surface area (Å²) in [6, 6.07) is 12.3. The van der Waals surface area contributed by atoms with E-state index >= 15 is 0 Å². The van der Waals surface area contributed by atoms with Gasteiger partial charge in [-0.25, -0.2) is 18.4 Å². The van der Waals surface area contributed by atoms with Crippen LogP contribution in [0.1, 0.15) is 0 Å². The van der Waals surface area contributed by atoms with E-state index in [0.29, 0.717) is 5.69 Å². The Kier molecular flexibility index (Phi) is 4.30. The molecule has 0 aliphatic carbocycles. The molecule has 0 N–H and O–H groups in total. The predicted octanol–water partition coefficient (Wildman–Crippen LogP) is 4.73. The van der Waals surface area contributed by atoms with Crippen molar-refractivity contribution in [1.82, 2.24) is 19.3 Å². The maximum absolute atomic E-state index is 13.4. The molecule has 0 amide bonds. The number of rotatable bonds is 4. The highest BCUT2D eigenvalue weighted by Crippen LogP contribution is 2.36. The maximum atomic E-state index is 13.4. The van der Waals surface area contributed by atoms with E-state index in [1.165, 1.54) is 36.0 Å². The average molecular weight is 368 g/mol. The van der Waals surface area contributed by atoms with Crippen molar-refractivity contribution in [2.24, 2.45) is 0 Å². The first kappa shape index (κ1) is 16.5. The minimum absolute atomic E-state index is 0.309. The molecule has 0 spiro atoms. The molecule has 7 heteroatoms. The van der Waals surface area contributed by atoms with Crippen LogP contribution < -0.4 is 0 Å². The summed E-state index contributed by atoms with van der Waals surface area (Å²) in [7, 11) is 0. The fraction of sp³-hybridized carbons (Fsp3) is 0.0526. The summed E-state index contributed by atoms with van der Waals surface area (Å²) < 4.78 is 30.4. The SMILES string of the molecule is CSc1nn(-c2ccc(F)cc2)c(-c2ccc(F)cc2)c1-n1ccnc1. The van der Waals surface area contributed by atoms with Crippen LogP contribution in [0.5, 0.6) is 0 Å². The monoisotopic (exact) mass is 368 g/mol. The third kappa shape index (κ3) is 2.90. The van der Waals surface area contributed by atoms with Crippen LogP contribution in [-0.2, 0) is 0 Å². The van der Waals surface area contributed by atoms with Crippen molar-refractivity contribution in [2.45, 2.75) is 5.03 Å². The van der Waals surface area contributed by atoms with Crippen molar-refractivity contribution >= 4 is 11.8 Å². The van der Waals surface area contributed by atoms with Crippen LogP contribution in [0, 0.1) is 11.6 Å². The van der Waals surface area contributed by atoms with Crippen LogP contribution in [-0.4, -0.2) is 25.6 Å². The first-order valence-electron chi connectivity index (χ1n) is 7.84. The van der Waals surface area contributed by atoms with Gasteiger partial charge in [-0.3, -0.25) is 0 Å². The van der Waals surface area contributed by atoms with Gasteiger partial charge in [0.2, 0.25) is 0 Å². The number of hydrogen-bond donors (Lipinski definition) is 0. The molecule has 0 radical (unpaired) electrons. The highest BCUT2D eigenvalue weighted by atomic mass is 32.2. The summed E-state index contributed by atoms with van der Waals surface area (Å²) in [5, 5.41) is 5.48. The van der Waals surface area contributed by atoms with Crippen molar-refractivity contribution in [2.75, 3.05) is 6.26 Å². The molecule has 4 nitrogen and oxygen atoms in total. The topological polar surface area (TPSA) is 35.6 Å². The third-order valence-electron chi connectivity index (χ3n) is 3.97. The molecule has 0 atom stereocenters. The molecule has 2 aromatic carbocycles. The van der Waals surface area contributed by atoms with E-state index in [4.69, 9.17) is 5.10 Å². The fourth-order valence-corrected chi connectivity index (χ4v) is 3.35. The normalized spacial score (nSPS) is 11.0. The fourth-order valence-electron chi connectivity index (χ4n) is 2.79. The van der Waals surface area contributed by atoms with Crippen LogP contribution >= 0.6 is 11.8 Å². The van der Waals surface area contributed by atoms with E-state index in [1.807, 2.05) is 17.0 Å². The van der Waals surface area contributed by atoms with E-state index in [0.717, 1.165) is 22.0 Å². The number of benzene rings is 2. The average Bonchev–Trinajstić information content (AvgIpc) is 3.30.